The average Bonchev–Trinajstić information content (AvgIpc) is 3.04. The van der Waals surface area contributed by atoms with E-state index in [1.807, 2.05) is 12.3 Å². The molecule has 0 amide bonds. The van der Waals surface area contributed by atoms with Crippen molar-refractivity contribution >= 4 is 27.3 Å². The van der Waals surface area contributed by atoms with E-state index in [2.05, 4.69) is 14.4 Å². The molecule has 1 aromatic heterocycles. The molecule has 20 heavy (non-hydrogen) atoms. The minimum absolute atomic E-state index is 0.164. The standard InChI is InChI=1S/C12H18N2O4S2/c1-8-14-9(7-19-8)6-13-20(16,17)11-5-3-4-10(11)12(15)18-2/h7,10-11,13H,3-6H2,1-2H3. The number of aromatic nitrogens is 1. The van der Waals surface area contributed by atoms with Crippen LogP contribution in [0.3, 0.4) is 0 Å². The number of methoxy groups -OCH3 is 1. The third-order valence-corrected chi connectivity index (χ3v) is 6.21. The van der Waals surface area contributed by atoms with Gasteiger partial charge in [0, 0.05) is 5.38 Å². The predicted molar refractivity (Wildman–Crippen MR) is 75.8 cm³/mol. The number of hydrogen-bond acceptors (Lipinski definition) is 6. The fourth-order valence-corrected chi connectivity index (χ4v) is 4.82. The number of hydrogen-bond donors (Lipinski definition) is 1. The van der Waals surface area contributed by atoms with Crippen LogP contribution in [0.15, 0.2) is 5.38 Å². The molecule has 2 rings (SSSR count). The smallest absolute Gasteiger partial charge is 0.310 e. The monoisotopic (exact) mass is 318 g/mol. The highest BCUT2D eigenvalue weighted by atomic mass is 32.2. The number of thiazole rings is 1. The Labute approximate surface area is 122 Å². The van der Waals surface area contributed by atoms with E-state index in [1.165, 1.54) is 18.4 Å². The molecule has 0 bridgehead atoms. The van der Waals surface area contributed by atoms with Crippen molar-refractivity contribution in [3.05, 3.63) is 16.1 Å². The second-order valence-corrected chi connectivity index (χ2v) is 7.87. The fourth-order valence-electron chi connectivity index (χ4n) is 2.49. The van der Waals surface area contributed by atoms with Crippen LogP contribution in [0.1, 0.15) is 30.0 Å². The van der Waals surface area contributed by atoms with E-state index < -0.39 is 27.2 Å². The Balaban J connectivity index is 2.04. The lowest BCUT2D eigenvalue weighted by Gasteiger charge is -2.18. The maximum absolute atomic E-state index is 12.3. The van der Waals surface area contributed by atoms with Gasteiger partial charge in [0.2, 0.25) is 10.0 Å². The maximum atomic E-state index is 12.3. The third-order valence-electron chi connectivity index (χ3n) is 3.48. The summed E-state index contributed by atoms with van der Waals surface area (Å²) in [6, 6.07) is 0. The SMILES string of the molecule is COC(=O)C1CCCC1S(=O)(=O)NCc1csc(C)n1. The van der Waals surface area contributed by atoms with Crippen molar-refractivity contribution in [2.45, 2.75) is 38.0 Å². The normalized spacial score (nSPS) is 22.9. The summed E-state index contributed by atoms with van der Waals surface area (Å²) in [6.45, 7) is 2.03. The van der Waals surface area contributed by atoms with Gasteiger partial charge in [0.25, 0.3) is 0 Å². The van der Waals surface area contributed by atoms with Crippen molar-refractivity contribution in [2.75, 3.05) is 7.11 Å². The van der Waals surface area contributed by atoms with Crippen LogP contribution in [0.5, 0.6) is 0 Å². The van der Waals surface area contributed by atoms with Gasteiger partial charge in [-0.2, -0.15) is 0 Å². The molecule has 112 valence electrons. The number of aryl methyl sites for hydroxylation is 1. The first kappa shape index (κ1) is 15.4. The summed E-state index contributed by atoms with van der Waals surface area (Å²) in [4.78, 5) is 15.8. The second-order valence-electron chi connectivity index (χ2n) is 4.82. The lowest BCUT2D eigenvalue weighted by molar-refractivity contribution is -0.145. The molecule has 0 saturated heterocycles. The average molecular weight is 318 g/mol. The van der Waals surface area contributed by atoms with Crippen molar-refractivity contribution in [3.63, 3.8) is 0 Å². The Morgan fingerprint density at radius 2 is 2.30 bits per heavy atom. The molecule has 1 saturated carbocycles. The zero-order valence-electron chi connectivity index (χ0n) is 11.5. The van der Waals surface area contributed by atoms with Gasteiger partial charge in [0.15, 0.2) is 0 Å². The summed E-state index contributed by atoms with van der Waals surface area (Å²) in [5.41, 5.74) is 0.698. The molecule has 2 atom stereocenters. The molecule has 6 nitrogen and oxygen atoms in total. The van der Waals surface area contributed by atoms with Gasteiger partial charge in [-0.3, -0.25) is 4.79 Å². The molecule has 1 N–H and O–H groups in total. The molecule has 0 aromatic carbocycles. The summed E-state index contributed by atoms with van der Waals surface area (Å²) in [6.07, 6.45) is 1.78. The molecule has 1 aliphatic carbocycles. The van der Waals surface area contributed by atoms with E-state index in [1.54, 1.807) is 0 Å². The summed E-state index contributed by atoms with van der Waals surface area (Å²) < 4.78 is 31.8. The summed E-state index contributed by atoms with van der Waals surface area (Å²) in [5.74, 6) is -1.00. The number of rotatable bonds is 5. The Morgan fingerprint density at radius 1 is 1.55 bits per heavy atom. The van der Waals surface area contributed by atoms with Gasteiger partial charge in [0.05, 0.1) is 35.5 Å². The molecule has 8 heteroatoms. The number of nitrogens with zero attached hydrogens (tertiary/aromatic N) is 1. The highest BCUT2D eigenvalue weighted by molar-refractivity contribution is 7.90. The molecule has 1 aliphatic rings. The van der Waals surface area contributed by atoms with E-state index >= 15 is 0 Å². The highest BCUT2D eigenvalue weighted by Gasteiger charge is 2.42. The van der Waals surface area contributed by atoms with Gasteiger partial charge in [-0.1, -0.05) is 6.42 Å². The number of nitrogens with one attached hydrogen (secondary N) is 1. The Bertz CT molecular complexity index is 582. The fraction of sp³-hybridized carbons (Fsp3) is 0.667. The van der Waals surface area contributed by atoms with Crippen molar-refractivity contribution < 1.29 is 17.9 Å². The first-order chi connectivity index (χ1) is 9.44. The molecule has 0 radical (unpaired) electrons. The molecular formula is C12H18N2O4S2. The lowest BCUT2D eigenvalue weighted by atomic mass is 10.1. The van der Waals surface area contributed by atoms with Crippen molar-refractivity contribution in [1.29, 1.82) is 0 Å². The molecular weight excluding hydrogens is 300 g/mol. The quantitative estimate of drug-likeness (QED) is 0.825. The van der Waals surface area contributed by atoms with Gasteiger partial charge < -0.3 is 4.74 Å². The zero-order valence-corrected chi connectivity index (χ0v) is 13.1. The Kier molecular flexibility index (Phi) is 4.77. The number of esters is 1. The van der Waals surface area contributed by atoms with Crippen molar-refractivity contribution in [1.82, 2.24) is 9.71 Å². The van der Waals surface area contributed by atoms with E-state index in [4.69, 9.17) is 0 Å². The minimum atomic E-state index is -3.54. The summed E-state index contributed by atoms with van der Waals surface area (Å²) in [7, 11) is -2.25. The van der Waals surface area contributed by atoms with Crippen LogP contribution in [0.25, 0.3) is 0 Å². The molecule has 1 aromatic rings. The van der Waals surface area contributed by atoms with Gasteiger partial charge in [-0.15, -0.1) is 11.3 Å². The van der Waals surface area contributed by atoms with Crippen LogP contribution >= 0.6 is 11.3 Å². The summed E-state index contributed by atoms with van der Waals surface area (Å²) >= 11 is 1.48. The second kappa shape index (κ2) is 6.19. The van der Waals surface area contributed by atoms with Gasteiger partial charge in [0.1, 0.15) is 0 Å². The number of ether oxygens (including phenoxy) is 1. The predicted octanol–water partition coefficient (Wildman–Crippen LogP) is 1.21. The molecule has 0 aliphatic heterocycles. The third kappa shape index (κ3) is 3.36. The number of sulfonamides is 1. The number of carbonyl (C=O) groups is 1. The first-order valence-corrected chi connectivity index (χ1v) is 8.84. The first-order valence-electron chi connectivity index (χ1n) is 6.41. The lowest BCUT2D eigenvalue weighted by Crippen LogP contribution is -2.39. The molecule has 2 unspecified atom stereocenters. The Hall–Kier alpha value is -0.990. The Morgan fingerprint density at radius 3 is 2.90 bits per heavy atom. The molecule has 1 fully saturated rings. The largest absolute Gasteiger partial charge is 0.469 e. The van der Waals surface area contributed by atoms with Crippen molar-refractivity contribution in [3.8, 4) is 0 Å². The highest BCUT2D eigenvalue weighted by Crippen LogP contribution is 2.31. The van der Waals surface area contributed by atoms with E-state index in [-0.39, 0.29) is 6.54 Å². The van der Waals surface area contributed by atoms with Gasteiger partial charge in [-0.05, 0) is 19.8 Å². The van der Waals surface area contributed by atoms with E-state index in [9.17, 15) is 13.2 Å². The van der Waals surface area contributed by atoms with E-state index in [0.29, 0.717) is 18.5 Å². The molecule has 1 heterocycles. The molecule has 0 spiro atoms. The van der Waals surface area contributed by atoms with E-state index in [0.717, 1.165) is 11.4 Å². The summed E-state index contributed by atoms with van der Waals surface area (Å²) in [5, 5.41) is 2.02. The van der Waals surface area contributed by atoms with Crippen LogP contribution in [0.4, 0.5) is 0 Å². The minimum Gasteiger partial charge on any atom is -0.469 e. The van der Waals surface area contributed by atoms with Crippen LogP contribution < -0.4 is 4.72 Å². The van der Waals surface area contributed by atoms with Crippen molar-refractivity contribution in [2.24, 2.45) is 5.92 Å². The number of carbonyl (C=O) groups excluding carboxylic acids is 1. The van der Waals surface area contributed by atoms with Crippen LogP contribution in [0, 0.1) is 12.8 Å². The van der Waals surface area contributed by atoms with Crippen LogP contribution in [-0.2, 0) is 26.1 Å². The maximum Gasteiger partial charge on any atom is 0.310 e. The van der Waals surface area contributed by atoms with Gasteiger partial charge >= 0.3 is 5.97 Å². The zero-order chi connectivity index (χ0) is 14.8. The van der Waals surface area contributed by atoms with Crippen LogP contribution in [-0.4, -0.2) is 31.7 Å². The van der Waals surface area contributed by atoms with Crippen LogP contribution in [0.2, 0.25) is 0 Å². The topological polar surface area (TPSA) is 85.4 Å². The van der Waals surface area contributed by atoms with Gasteiger partial charge in [-0.25, -0.2) is 18.1 Å².